The first kappa shape index (κ1) is 20.3. The molecule has 0 aliphatic carbocycles. The first-order valence-electron chi connectivity index (χ1n) is 9.96. The molecule has 0 spiro atoms. The molecule has 156 valence electrons. The summed E-state index contributed by atoms with van der Waals surface area (Å²) in [6.07, 6.45) is 2.90. The van der Waals surface area contributed by atoms with E-state index < -0.39 is 6.04 Å². The molecule has 0 radical (unpaired) electrons. The van der Waals surface area contributed by atoms with Crippen molar-refractivity contribution in [2.24, 2.45) is 0 Å². The van der Waals surface area contributed by atoms with E-state index in [1.165, 1.54) is 21.4 Å². The molecule has 6 nitrogen and oxygen atoms in total. The van der Waals surface area contributed by atoms with Gasteiger partial charge in [-0.15, -0.1) is 0 Å². The molecule has 0 saturated carbocycles. The van der Waals surface area contributed by atoms with Crippen LogP contribution in [-0.4, -0.2) is 20.3 Å². The molecular weight excluding hydrogens is 407 g/mol. The first-order valence-corrected chi connectivity index (χ1v) is 10.3. The lowest BCUT2D eigenvalue weighted by Gasteiger charge is -2.16. The number of carbonyl (C=O) groups excluding carboxylic acids is 1. The van der Waals surface area contributed by atoms with Crippen molar-refractivity contribution in [3.63, 3.8) is 0 Å². The Hall–Kier alpha value is -2.93. The van der Waals surface area contributed by atoms with Crippen molar-refractivity contribution in [3.05, 3.63) is 86.8 Å². The number of halogens is 2. The summed E-state index contributed by atoms with van der Waals surface area (Å²) in [4.78, 5) is 26.0. The van der Waals surface area contributed by atoms with Gasteiger partial charge in [-0.1, -0.05) is 42.3 Å². The SMILES string of the molecule is O=C(NCc1ccc(Cl)cc1)C1CCCCc2nn(Cc3cccc(F)c3)c(=O)n21. The summed E-state index contributed by atoms with van der Waals surface area (Å²) < 4.78 is 16.3. The van der Waals surface area contributed by atoms with Crippen LogP contribution >= 0.6 is 11.6 Å². The van der Waals surface area contributed by atoms with E-state index in [0.717, 1.165) is 18.4 Å². The smallest absolute Gasteiger partial charge is 0.346 e. The second-order valence-electron chi connectivity index (χ2n) is 7.46. The first-order chi connectivity index (χ1) is 14.5. The van der Waals surface area contributed by atoms with E-state index >= 15 is 0 Å². The molecule has 2 heterocycles. The monoisotopic (exact) mass is 428 g/mol. The third-order valence-electron chi connectivity index (χ3n) is 5.28. The van der Waals surface area contributed by atoms with Gasteiger partial charge in [-0.05, 0) is 48.2 Å². The van der Waals surface area contributed by atoms with Crippen LogP contribution in [0.1, 0.15) is 42.3 Å². The second-order valence-corrected chi connectivity index (χ2v) is 7.90. The van der Waals surface area contributed by atoms with Crippen molar-refractivity contribution in [2.45, 2.75) is 44.8 Å². The quantitative estimate of drug-likeness (QED) is 0.676. The summed E-state index contributed by atoms with van der Waals surface area (Å²) >= 11 is 5.90. The normalized spacial score (nSPS) is 16.0. The summed E-state index contributed by atoms with van der Waals surface area (Å²) in [5.74, 6) is 0.0295. The minimum absolute atomic E-state index is 0.162. The lowest BCUT2D eigenvalue weighted by atomic mass is 10.1. The van der Waals surface area contributed by atoms with Crippen molar-refractivity contribution < 1.29 is 9.18 Å². The number of hydrogen-bond acceptors (Lipinski definition) is 3. The fourth-order valence-corrected chi connectivity index (χ4v) is 3.89. The van der Waals surface area contributed by atoms with Gasteiger partial charge in [-0.3, -0.25) is 9.36 Å². The Bertz CT molecular complexity index is 1110. The van der Waals surface area contributed by atoms with Crippen molar-refractivity contribution >= 4 is 17.5 Å². The largest absolute Gasteiger partial charge is 0.350 e. The van der Waals surface area contributed by atoms with Crippen molar-refractivity contribution in [3.8, 4) is 0 Å². The average Bonchev–Trinajstić information content (AvgIpc) is 2.89. The van der Waals surface area contributed by atoms with Crippen LogP contribution in [0.5, 0.6) is 0 Å². The van der Waals surface area contributed by atoms with Crippen LogP contribution in [0.15, 0.2) is 53.3 Å². The molecule has 4 rings (SSSR count). The molecule has 1 amide bonds. The second kappa shape index (κ2) is 8.83. The van der Waals surface area contributed by atoms with Crippen LogP contribution in [0.2, 0.25) is 5.02 Å². The van der Waals surface area contributed by atoms with Crippen LogP contribution in [0.25, 0.3) is 0 Å². The predicted molar refractivity (Wildman–Crippen MR) is 112 cm³/mol. The van der Waals surface area contributed by atoms with Gasteiger partial charge in [0.15, 0.2) is 0 Å². The molecule has 3 aromatic rings. The lowest BCUT2D eigenvalue weighted by Crippen LogP contribution is -2.38. The molecule has 30 heavy (non-hydrogen) atoms. The maximum absolute atomic E-state index is 13.5. The van der Waals surface area contributed by atoms with E-state index in [2.05, 4.69) is 10.4 Å². The van der Waals surface area contributed by atoms with Crippen LogP contribution in [-0.2, 0) is 24.3 Å². The highest BCUT2D eigenvalue weighted by Crippen LogP contribution is 2.22. The average molecular weight is 429 g/mol. The number of nitrogens with one attached hydrogen (secondary N) is 1. The summed E-state index contributed by atoms with van der Waals surface area (Å²) in [6.45, 7) is 0.518. The van der Waals surface area contributed by atoms with Gasteiger partial charge in [-0.25, -0.2) is 13.9 Å². The number of aryl methyl sites for hydroxylation is 1. The molecule has 1 N–H and O–H groups in total. The Balaban J connectivity index is 1.55. The molecule has 1 aliphatic rings. The molecule has 1 atom stereocenters. The molecule has 0 fully saturated rings. The maximum Gasteiger partial charge on any atom is 0.346 e. The van der Waals surface area contributed by atoms with Crippen molar-refractivity contribution in [2.75, 3.05) is 0 Å². The van der Waals surface area contributed by atoms with Crippen molar-refractivity contribution in [1.29, 1.82) is 0 Å². The van der Waals surface area contributed by atoms with Gasteiger partial charge in [0.05, 0.1) is 6.54 Å². The summed E-state index contributed by atoms with van der Waals surface area (Å²) in [5, 5.41) is 8.00. The Morgan fingerprint density at radius 3 is 2.73 bits per heavy atom. The van der Waals surface area contributed by atoms with Gasteiger partial charge in [0, 0.05) is 18.0 Å². The highest BCUT2D eigenvalue weighted by atomic mass is 35.5. The fraction of sp³-hybridized carbons (Fsp3) is 0.318. The van der Waals surface area contributed by atoms with Gasteiger partial charge in [-0.2, -0.15) is 5.10 Å². The molecule has 2 aromatic carbocycles. The molecule has 1 aromatic heterocycles. The van der Waals surface area contributed by atoms with Gasteiger partial charge >= 0.3 is 5.69 Å². The number of carbonyl (C=O) groups is 1. The summed E-state index contributed by atoms with van der Waals surface area (Å²) in [5.41, 5.74) is 1.23. The van der Waals surface area contributed by atoms with Gasteiger partial charge < -0.3 is 5.32 Å². The van der Waals surface area contributed by atoms with Gasteiger partial charge in [0.2, 0.25) is 5.91 Å². The summed E-state index contributed by atoms with van der Waals surface area (Å²) in [7, 11) is 0. The van der Waals surface area contributed by atoms with Gasteiger partial charge in [0.1, 0.15) is 17.7 Å². The van der Waals surface area contributed by atoms with Crippen LogP contribution in [0, 0.1) is 5.82 Å². The summed E-state index contributed by atoms with van der Waals surface area (Å²) in [6, 6.07) is 12.7. The molecule has 1 aliphatic heterocycles. The fourth-order valence-electron chi connectivity index (χ4n) is 3.77. The number of hydrogen-bond donors (Lipinski definition) is 1. The van der Waals surface area contributed by atoms with E-state index in [0.29, 0.717) is 35.8 Å². The molecular formula is C22H22ClFN4O2. The predicted octanol–water partition coefficient (Wildman–Crippen LogP) is 3.47. The number of aromatic nitrogens is 3. The minimum atomic E-state index is -0.608. The van der Waals surface area contributed by atoms with Gasteiger partial charge in [0.25, 0.3) is 0 Å². The third kappa shape index (κ3) is 4.46. The van der Waals surface area contributed by atoms with Crippen LogP contribution in [0.4, 0.5) is 4.39 Å². The van der Waals surface area contributed by atoms with E-state index in [9.17, 15) is 14.0 Å². The molecule has 0 saturated heterocycles. The maximum atomic E-state index is 13.5. The van der Waals surface area contributed by atoms with E-state index in [1.54, 1.807) is 24.3 Å². The topological polar surface area (TPSA) is 68.9 Å². The Morgan fingerprint density at radius 1 is 1.17 bits per heavy atom. The zero-order chi connectivity index (χ0) is 21.1. The number of benzene rings is 2. The number of rotatable bonds is 5. The highest BCUT2D eigenvalue weighted by molar-refractivity contribution is 6.30. The number of fused-ring (bicyclic) bond motifs is 1. The molecule has 1 unspecified atom stereocenters. The van der Waals surface area contributed by atoms with Crippen LogP contribution in [0.3, 0.4) is 0 Å². The standard InChI is InChI=1S/C22H22ClFN4O2/c23-17-10-8-15(9-11-17)13-25-21(29)19-6-1-2-7-20-26-27(22(30)28(19)20)14-16-4-3-5-18(24)12-16/h3-5,8-12,19H,1-2,6-7,13-14H2,(H,25,29). The van der Waals surface area contributed by atoms with Crippen molar-refractivity contribution in [1.82, 2.24) is 19.7 Å². The van der Waals surface area contributed by atoms with E-state index in [1.807, 2.05) is 12.1 Å². The minimum Gasteiger partial charge on any atom is -0.350 e. The Morgan fingerprint density at radius 2 is 1.97 bits per heavy atom. The highest BCUT2D eigenvalue weighted by Gasteiger charge is 2.29. The van der Waals surface area contributed by atoms with E-state index in [-0.39, 0.29) is 24.0 Å². The molecule has 8 heteroatoms. The Kier molecular flexibility index (Phi) is 5.99. The zero-order valence-electron chi connectivity index (χ0n) is 16.4. The number of nitrogens with zero attached hydrogens (tertiary/aromatic N) is 3. The molecule has 0 bridgehead atoms. The van der Waals surface area contributed by atoms with Crippen LogP contribution < -0.4 is 11.0 Å². The zero-order valence-corrected chi connectivity index (χ0v) is 17.1. The Labute approximate surface area is 178 Å². The third-order valence-corrected chi connectivity index (χ3v) is 5.54. The lowest BCUT2D eigenvalue weighted by molar-refractivity contribution is -0.124. The van der Waals surface area contributed by atoms with E-state index in [4.69, 9.17) is 11.6 Å². The number of amides is 1.